The van der Waals surface area contributed by atoms with Gasteiger partial charge in [-0.2, -0.15) is 10.5 Å². The highest BCUT2D eigenvalue weighted by Crippen LogP contribution is 2.27. The van der Waals surface area contributed by atoms with E-state index < -0.39 is 12.1 Å². The van der Waals surface area contributed by atoms with Gasteiger partial charge in [-0.25, -0.2) is 4.79 Å². The van der Waals surface area contributed by atoms with Gasteiger partial charge < -0.3 is 10.6 Å². The summed E-state index contributed by atoms with van der Waals surface area (Å²) < 4.78 is 0. The monoisotopic (exact) mass is 494 g/mol. The van der Waals surface area contributed by atoms with Gasteiger partial charge in [0.15, 0.2) is 0 Å². The van der Waals surface area contributed by atoms with E-state index in [1.165, 1.54) is 5.56 Å². The maximum Gasteiger partial charge on any atom is 0.319 e. The van der Waals surface area contributed by atoms with Gasteiger partial charge >= 0.3 is 6.03 Å². The molecule has 0 bridgehead atoms. The predicted molar refractivity (Wildman–Crippen MR) is 139 cm³/mol. The Morgan fingerprint density at radius 2 is 1.62 bits per heavy atom. The van der Waals surface area contributed by atoms with E-state index in [4.69, 9.17) is 5.26 Å². The normalized spacial score (nSPS) is 11.7. The summed E-state index contributed by atoms with van der Waals surface area (Å²) in [7, 11) is 0. The molecule has 1 heterocycles. The smallest absolute Gasteiger partial charge is 0.319 e. The molecule has 4 rings (SSSR count). The van der Waals surface area contributed by atoms with Gasteiger partial charge in [-0.1, -0.05) is 68.3 Å². The van der Waals surface area contributed by atoms with E-state index in [0.717, 1.165) is 11.1 Å². The molecule has 0 spiro atoms. The van der Waals surface area contributed by atoms with Crippen molar-refractivity contribution in [1.29, 1.82) is 5.26 Å². The topological polar surface area (TPSA) is 148 Å². The van der Waals surface area contributed by atoms with Crippen LogP contribution in [0.2, 0.25) is 0 Å². The van der Waals surface area contributed by atoms with E-state index in [1.54, 1.807) is 48.5 Å². The van der Waals surface area contributed by atoms with Gasteiger partial charge in [-0.05, 0) is 57.7 Å². The van der Waals surface area contributed by atoms with Gasteiger partial charge in [0, 0.05) is 11.3 Å². The maximum atomic E-state index is 13.0. The largest absolute Gasteiger partial charge is 0.327 e. The molecule has 0 fully saturated rings. The summed E-state index contributed by atoms with van der Waals surface area (Å²) in [4.78, 5) is 25.4. The first kappa shape index (κ1) is 25.1. The number of aromatic nitrogens is 4. The number of amides is 3. The summed E-state index contributed by atoms with van der Waals surface area (Å²) >= 11 is 0. The van der Waals surface area contributed by atoms with Crippen LogP contribution in [0, 0.1) is 11.3 Å². The van der Waals surface area contributed by atoms with Crippen molar-refractivity contribution in [2.45, 2.75) is 32.2 Å². The second-order valence-corrected chi connectivity index (χ2v) is 9.41. The minimum atomic E-state index is -0.498. The number of hydrogen-bond donors (Lipinski definition) is 4. The van der Waals surface area contributed by atoms with Crippen LogP contribution < -0.4 is 16.0 Å². The fourth-order valence-corrected chi connectivity index (χ4v) is 3.71. The third-order valence-corrected chi connectivity index (χ3v) is 5.71. The molecule has 37 heavy (non-hydrogen) atoms. The lowest BCUT2D eigenvalue weighted by Gasteiger charge is -2.23. The molecule has 3 amide bonds. The fourth-order valence-electron chi connectivity index (χ4n) is 3.71. The van der Waals surface area contributed by atoms with Crippen LogP contribution in [0.1, 0.15) is 59.4 Å². The summed E-state index contributed by atoms with van der Waals surface area (Å²) in [5.74, 6) is -0.313. The highest BCUT2D eigenvalue weighted by molar-refractivity contribution is 6.03. The SMILES string of the molecule is CC(C)(C)c1ccc(C(NC(=O)Nc2cccc(C#N)c2)c2ccc(C(=O)Nc3nn[nH]n3)cc2)cc1. The third-order valence-electron chi connectivity index (χ3n) is 5.71. The Morgan fingerprint density at radius 1 is 0.946 bits per heavy atom. The molecule has 3 aromatic carbocycles. The number of aromatic amines is 1. The number of nitrogens with zero attached hydrogens (tertiary/aromatic N) is 4. The van der Waals surface area contributed by atoms with Crippen molar-refractivity contribution in [3.8, 4) is 6.07 Å². The van der Waals surface area contributed by atoms with E-state index in [0.29, 0.717) is 16.8 Å². The average Bonchev–Trinajstić information content (AvgIpc) is 3.40. The molecule has 186 valence electrons. The highest BCUT2D eigenvalue weighted by atomic mass is 16.2. The van der Waals surface area contributed by atoms with Crippen LogP contribution in [0.25, 0.3) is 0 Å². The van der Waals surface area contributed by atoms with E-state index in [1.807, 2.05) is 24.3 Å². The van der Waals surface area contributed by atoms with Crippen molar-refractivity contribution in [1.82, 2.24) is 25.9 Å². The standard InChI is InChI=1S/C27H26N8O2/c1-27(2,3)21-13-11-19(12-14-21)23(30-26(37)29-22-6-4-5-17(15-22)16-28)18-7-9-20(10-8-18)24(36)31-25-32-34-35-33-25/h4-15,23H,1-3H3,(H2,29,30,37)(H2,31,32,33,34,35,36). The third kappa shape index (κ3) is 6.35. The van der Waals surface area contributed by atoms with Gasteiger partial charge in [0.2, 0.25) is 0 Å². The Morgan fingerprint density at radius 3 is 2.22 bits per heavy atom. The zero-order chi connectivity index (χ0) is 26.4. The molecule has 1 atom stereocenters. The second kappa shape index (κ2) is 10.7. The van der Waals surface area contributed by atoms with Crippen molar-refractivity contribution < 1.29 is 9.59 Å². The average molecular weight is 495 g/mol. The van der Waals surface area contributed by atoms with E-state index in [2.05, 4.69) is 63.4 Å². The van der Waals surface area contributed by atoms with Crippen LogP contribution >= 0.6 is 0 Å². The van der Waals surface area contributed by atoms with E-state index in [9.17, 15) is 9.59 Å². The molecule has 4 N–H and O–H groups in total. The van der Waals surface area contributed by atoms with Gasteiger partial charge in [-0.15, -0.1) is 5.10 Å². The first-order chi connectivity index (χ1) is 17.7. The lowest BCUT2D eigenvalue weighted by atomic mass is 9.85. The number of tetrazole rings is 1. The number of nitriles is 1. The summed E-state index contributed by atoms with van der Waals surface area (Å²) in [6.45, 7) is 6.41. The number of hydrogen-bond acceptors (Lipinski definition) is 6. The Kier molecular flexibility index (Phi) is 7.25. The number of anilines is 2. The van der Waals surface area contributed by atoms with Crippen LogP contribution in [0.4, 0.5) is 16.4 Å². The molecule has 4 aromatic rings. The molecule has 0 aliphatic heterocycles. The van der Waals surface area contributed by atoms with Crippen molar-refractivity contribution in [3.63, 3.8) is 0 Å². The van der Waals surface area contributed by atoms with Crippen LogP contribution in [0.3, 0.4) is 0 Å². The zero-order valence-electron chi connectivity index (χ0n) is 20.6. The minimum absolute atomic E-state index is 0.0156. The zero-order valence-corrected chi connectivity index (χ0v) is 20.6. The Labute approximate surface area is 214 Å². The summed E-state index contributed by atoms with van der Waals surface area (Å²) in [5, 5.41) is 30.6. The number of rotatable bonds is 6. The number of carbonyl (C=O) groups excluding carboxylic acids is 2. The van der Waals surface area contributed by atoms with E-state index in [-0.39, 0.29) is 17.3 Å². The van der Waals surface area contributed by atoms with Gasteiger partial charge in [0.1, 0.15) is 0 Å². The number of H-pyrrole nitrogens is 1. The lowest BCUT2D eigenvalue weighted by molar-refractivity contribution is 0.102. The van der Waals surface area contributed by atoms with Crippen molar-refractivity contribution >= 4 is 23.6 Å². The fraction of sp³-hybridized carbons (Fsp3) is 0.185. The Bertz CT molecular complexity index is 1420. The maximum absolute atomic E-state index is 13.0. The molecule has 1 unspecified atom stereocenters. The van der Waals surface area contributed by atoms with Crippen molar-refractivity contribution in [2.24, 2.45) is 0 Å². The Balaban J connectivity index is 1.58. The van der Waals surface area contributed by atoms with Crippen molar-refractivity contribution in [2.75, 3.05) is 10.6 Å². The van der Waals surface area contributed by atoms with Gasteiger partial charge in [-0.3, -0.25) is 10.1 Å². The molecule has 10 nitrogen and oxygen atoms in total. The molecule has 0 radical (unpaired) electrons. The van der Waals surface area contributed by atoms with Gasteiger partial charge in [0.05, 0.1) is 17.7 Å². The van der Waals surface area contributed by atoms with Crippen LogP contribution in [-0.4, -0.2) is 32.6 Å². The minimum Gasteiger partial charge on any atom is -0.327 e. The molecule has 0 aliphatic carbocycles. The molecular weight excluding hydrogens is 468 g/mol. The number of nitrogens with one attached hydrogen (secondary N) is 4. The quantitative estimate of drug-likeness (QED) is 0.309. The molecule has 0 aliphatic rings. The predicted octanol–water partition coefficient (Wildman–Crippen LogP) is 4.53. The number of benzene rings is 3. The van der Waals surface area contributed by atoms with Crippen LogP contribution in [-0.2, 0) is 5.41 Å². The molecule has 0 saturated heterocycles. The molecule has 1 aromatic heterocycles. The highest BCUT2D eigenvalue weighted by Gasteiger charge is 2.20. The first-order valence-electron chi connectivity index (χ1n) is 11.6. The first-order valence-corrected chi connectivity index (χ1v) is 11.6. The molecule has 10 heteroatoms. The summed E-state index contributed by atoms with van der Waals surface area (Å²) in [5.41, 5.74) is 4.15. The van der Waals surface area contributed by atoms with Gasteiger partial charge in [0.25, 0.3) is 11.9 Å². The lowest BCUT2D eigenvalue weighted by Crippen LogP contribution is -2.33. The summed E-state index contributed by atoms with van der Waals surface area (Å²) in [6.07, 6.45) is 0. The number of carbonyl (C=O) groups is 2. The Hall–Kier alpha value is -5.04. The summed E-state index contributed by atoms with van der Waals surface area (Å²) in [6, 6.07) is 22.8. The van der Waals surface area contributed by atoms with Crippen LogP contribution in [0.5, 0.6) is 0 Å². The molecule has 0 saturated carbocycles. The number of urea groups is 1. The van der Waals surface area contributed by atoms with Crippen molar-refractivity contribution in [3.05, 3.63) is 101 Å². The second-order valence-electron chi connectivity index (χ2n) is 9.41. The van der Waals surface area contributed by atoms with Crippen LogP contribution in [0.15, 0.2) is 72.8 Å². The molecular formula is C27H26N8O2. The van der Waals surface area contributed by atoms with E-state index >= 15 is 0 Å².